The lowest BCUT2D eigenvalue weighted by Gasteiger charge is -2.57. The minimum absolute atomic E-state index is 0.166. The highest BCUT2D eigenvalue weighted by Gasteiger charge is 2.67. The van der Waals surface area contributed by atoms with Crippen molar-refractivity contribution in [2.24, 2.45) is 35.5 Å². The number of carbonyl (C=O) groups excluding carboxylic acids is 3. The molecule has 6 aliphatic carbocycles. The Bertz CT molecular complexity index is 991. The first-order chi connectivity index (χ1) is 15.5. The Morgan fingerprint density at radius 3 is 2.03 bits per heavy atom. The summed E-state index contributed by atoms with van der Waals surface area (Å²) in [7, 11) is 0. The molecule has 7 aliphatic rings. The van der Waals surface area contributed by atoms with Crippen LogP contribution in [0.4, 0.5) is 0 Å². The number of benzene rings is 1. The standard InChI is InChI=1S/C26H28O6/c27-22-19-3-1-2-4-20(19)23(28)24(29)21(22)16-5-7-25(8-6-16)30-26(32-31-25)17-10-14-9-15(12-17)13-18(26)11-14/h1-4,14-18,21H,5-13H2. The van der Waals surface area contributed by atoms with Crippen molar-refractivity contribution in [3.8, 4) is 0 Å². The highest BCUT2D eigenvalue weighted by Crippen LogP contribution is 2.64. The second-order valence-electron chi connectivity index (χ2n) is 11.1. The third kappa shape index (κ3) is 2.54. The molecule has 0 N–H and O–H groups in total. The van der Waals surface area contributed by atoms with E-state index in [9.17, 15) is 14.4 Å². The molecule has 1 aromatic carbocycles. The number of ketones is 3. The summed E-state index contributed by atoms with van der Waals surface area (Å²) in [6.45, 7) is 0. The van der Waals surface area contributed by atoms with Crippen LogP contribution in [-0.2, 0) is 19.3 Å². The van der Waals surface area contributed by atoms with Gasteiger partial charge in [-0.05, 0) is 62.7 Å². The third-order valence-corrected chi connectivity index (χ3v) is 9.43. The van der Waals surface area contributed by atoms with Gasteiger partial charge in [0.25, 0.3) is 0 Å². The van der Waals surface area contributed by atoms with Gasteiger partial charge in [0.2, 0.25) is 23.1 Å². The molecule has 6 fully saturated rings. The molecule has 5 saturated carbocycles. The molecule has 32 heavy (non-hydrogen) atoms. The molecule has 0 amide bonds. The molecule has 6 heteroatoms. The predicted octanol–water partition coefficient (Wildman–Crippen LogP) is 4.27. The van der Waals surface area contributed by atoms with E-state index in [1.807, 2.05) is 0 Å². The molecule has 4 bridgehead atoms. The summed E-state index contributed by atoms with van der Waals surface area (Å²) < 4.78 is 6.74. The Morgan fingerprint density at radius 1 is 0.750 bits per heavy atom. The van der Waals surface area contributed by atoms with Crippen molar-refractivity contribution in [3.05, 3.63) is 35.4 Å². The van der Waals surface area contributed by atoms with Crippen molar-refractivity contribution in [2.75, 3.05) is 0 Å². The lowest BCUT2D eigenvalue weighted by molar-refractivity contribution is -0.390. The fourth-order valence-corrected chi connectivity index (χ4v) is 8.09. The van der Waals surface area contributed by atoms with Gasteiger partial charge in [0.15, 0.2) is 5.78 Å². The summed E-state index contributed by atoms with van der Waals surface area (Å²) in [5.74, 6) is -1.30. The zero-order valence-electron chi connectivity index (χ0n) is 18.1. The molecule has 1 aliphatic heterocycles. The summed E-state index contributed by atoms with van der Waals surface area (Å²) in [6, 6.07) is 6.67. The molecule has 1 heterocycles. The Labute approximate surface area is 186 Å². The lowest BCUT2D eigenvalue weighted by atomic mass is 9.53. The number of rotatable bonds is 1. The largest absolute Gasteiger partial charge is 0.312 e. The van der Waals surface area contributed by atoms with Crippen LogP contribution in [0.15, 0.2) is 24.3 Å². The van der Waals surface area contributed by atoms with Gasteiger partial charge in [0, 0.05) is 35.8 Å². The number of hydrogen-bond donors (Lipinski definition) is 0. The maximum atomic E-state index is 13.1. The van der Waals surface area contributed by atoms with E-state index >= 15 is 0 Å². The van der Waals surface area contributed by atoms with E-state index in [1.165, 1.54) is 32.1 Å². The first-order valence-corrected chi connectivity index (χ1v) is 12.3. The molecule has 1 atom stereocenters. The fraction of sp³-hybridized carbons (Fsp3) is 0.654. The average Bonchev–Trinajstić information content (AvgIpc) is 3.17. The number of ether oxygens (including phenoxy) is 1. The first-order valence-electron chi connectivity index (χ1n) is 12.3. The molecule has 1 saturated heterocycles. The number of hydrogen-bond acceptors (Lipinski definition) is 6. The second-order valence-corrected chi connectivity index (χ2v) is 11.1. The van der Waals surface area contributed by atoms with E-state index in [2.05, 4.69) is 0 Å². The summed E-state index contributed by atoms with van der Waals surface area (Å²) in [5, 5.41) is 0. The van der Waals surface area contributed by atoms with Gasteiger partial charge in [-0.3, -0.25) is 14.4 Å². The molecule has 8 rings (SSSR count). The van der Waals surface area contributed by atoms with Crippen LogP contribution in [0, 0.1) is 35.5 Å². The molecule has 1 aromatic rings. The molecular formula is C26H28O6. The van der Waals surface area contributed by atoms with Crippen molar-refractivity contribution in [1.29, 1.82) is 0 Å². The molecule has 6 nitrogen and oxygen atoms in total. The Balaban J connectivity index is 1.10. The molecule has 1 unspecified atom stereocenters. The van der Waals surface area contributed by atoms with E-state index in [0.29, 0.717) is 43.1 Å². The summed E-state index contributed by atoms with van der Waals surface area (Å²) in [4.78, 5) is 50.7. The van der Waals surface area contributed by atoms with Gasteiger partial charge in [0.1, 0.15) is 0 Å². The van der Waals surface area contributed by atoms with E-state index in [-0.39, 0.29) is 17.3 Å². The highest BCUT2D eigenvalue weighted by molar-refractivity contribution is 6.51. The minimum Gasteiger partial charge on any atom is -0.312 e. The topological polar surface area (TPSA) is 78.9 Å². The van der Waals surface area contributed by atoms with E-state index in [4.69, 9.17) is 14.5 Å². The van der Waals surface area contributed by atoms with Crippen molar-refractivity contribution in [1.82, 2.24) is 0 Å². The van der Waals surface area contributed by atoms with Gasteiger partial charge in [-0.15, -0.1) is 0 Å². The monoisotopic (exact) mass is 436 g/mol. The van der Waals surface area contributed by atoms with Crippen LogP contribution in [0.2, 0.25) is 0 Å². The molecule has 168 valence electrons. The Morgan fingerprint density at radius 2 is 1.38 bits per heavy atom. The Hall–Kier alpha value is -1.89. The van der Waals surface area contributed by atoms with Crippen LogP contribution in [0.25, 0.3) is 0 Å². The second kappa shape index (κ2) is 6.58. The quantitative estimate of drug-likeness (QED) is 0.372. The van der Waals surface area contributed by atoms with Crippen LogP contribution in [0.3, 0.4) is 0 Å². The van der Waals surface area contributed by atoms with Gasteiger partial charge in [-0.25, -0.2) is 0 Å². The summed E-state index contributed by atoms with van der Waals surface area (Å²) in [6.07, 6.45) is 8.42. The van der Waals surface area contributed by atoms with Gasteiger partial charge in [-0.1, -0.05) is 24.3 Å². The minimum atomic E-state index is -0.882. The lowest BCUT2D eigenvalue weighted by Crippen LogP contribution is -2.59. The van der Waals surface area contributed by atoms with Gasteiger partial charge in [-0.2, -0.15) is 9.78 Å². The fourth-order valence-electron chi connectivity index (χ4n) is 8.09. The predicted molar refractivity (Wildman–Crippen MR) is 111 cm³/mol. The average molecular weight is 437 g/mol. The Kier molecular flexibility index (Phi) is 4.03. The van der Waals surface area contributed by atoms with Crippen LogP contribution >= 0.6 is 0 Å². The zero-order chi connectivity index (χ0) is 21.7. The van der Waals surface area contributed by atoms with Crippen molar-refractivity contribution in [3.63, 3.8) is 0 Å². The SMILES string of the molecule is O=C1C(=O)C(C2CCC3(CC2)OOC2(O3)C3CC4CC(C3)CC2C4)C(=O)c2ccccc21. The third-order valence-electron chi connectivity index (χ3n) is 9.43. The van der Waals surface area contributed by atoms with E-state index in [0.717, 1.165) is 11.8 Å². The van der Waals surface area contributed by atoms with Crippen LogP contribution < -0.4 is 0 Å². The molecule has 0 aromatic heterocycles. The molecule has 2 spiro atoms. The number of Topliss-reactive ketones (excluding diaryl/α,β-unsaturated/α-hetero) is 3. The normalized spacial score (nSPS) is 46.9. The van der Waals surface area contributed by atoms with E-state index < -0.39 is 29.1 Å². The van der Waals surface area contributed by atoms with Gasteiger partial charge in [0.05, 0.1) is 5.92 Å². The van der Waals surface area contributed by atoms with E-state index in [1.54, 1.807) is 24.3 Å². The maximum Gasteiger partial charge on any atom is 0.230 e. The first kappa shape index (κ1) is 19.6. The van der Waals surface area contributed by atoms with Crippen LogP contribution in [-0.4, -0.2) is 28.9 Å². The van der Waals surface area contributed by atoms with Gasteiger partial charge < -0.3 is 4.74 Å². The van der Waals surface area contributed by atoms with Crippen molar-refractivity contribution < 1.29 is 28.9 Å². The van der Waals surface area contributed by atoms with Gasteiger partial charge >= 0.3 is 0 Å². The molecular weight excluding hydrogens is 408 g/mol. The number of fused-ring (bicyclic) bond motifs is 1. The van der Waals surface area contributed by atoms with Crippen molar-refractivity contribution in [2.45, 2.75) is 69.4 Å². The van der Waals surface area contributed by atoms with Crippen molar-refractivity contribution >= 4 is 17.3 Å². The summed E-state index contributed by atoms with van der Waals surface area (Å²) >= 11 is 0. The molecule has 0 radical (unpaired) electrons. The maximum absolute atomic E-state index is 13.1. The smallest absolute Gasteiger partial charge is 0.230 e. The van der Waals surface area contributed by atoms with Crippen LogP contribution in [0.5, 0.6) is 0 Å². The zero-order valence-corrected chi connectivity index (χ0v) is 18.1. The highest BCUT2D eigenvalue weighted by atomic mass is 17.3. The summed E-state index contributed by atoms with van der Waals surface area (Å²) in [5.41, 5.74) is 0.623. The van der Waals surface area contributed by atoms with Crippen LogP contribution in [0.1, 0.15) is 78.5 Å². The number of carbonyl (C=O) groups is 3.